The molecule has 2 aromatic carbocycles. The lowest BCUT2D eigenvalue weighted by Crippen LogP contribution is -2.17. The molecule has 0 fully saturated rings. The monoisotopic (exact) mass is 457 g/mol. The molecule has 1 N–H and O–H groups in total. The highest BCUT2D eigenvalue weighted by molar-refractivity contribution is 9.10. The third-order valence-electron chi connectivity index (χ3n) is 3.92. The molecule has 0 bridgehead atoms. The first kappa shape index (κ1) is 20.5. The Balaban J connectivity index is 1.70. The van der Waals surface area contributed by atoms with Crippen LogP contribution in [0.15, 0.2) is 70.5 Å². The number of ether oxygens (including phenoxy) is 2. The summed E-state index contributed by atoms with van der Waals surface area (Å²) in [4.78, 5) is 15.9. The number of methoxy groups -OCH3 is 1. The van der Waals surface area contributed by atoms with Crippen LogP contribution in [0, 0.1) is 5.82 Å². The van der Waals surface area contributed by atoms with Crippen molar-refractivity contribution in [3.63, 3.8) is 0 Å². The van der Waals surface area contributed by atoms with Crippen molar-refractivity contribution in [1.29, 1.82) is 0 Å². The first-order valence-electron chi connectivity index (χ1n) is 8.55. The van der Waals surface area contributed by atoms with Gasteiger partial charge < -0.3 is 9.47 Å². The topological polar surface area (TPSA) is 72.8 Å². The molecule has 0 aliphatic heterocycles. The molecule has 29 heavy (non-hydrogen) atoms. The lowest BCUT2D eigenvalue weighted by Gasteiger charge is -2.13. The number of benzene rings is 2. The number of halogens is 2. The Morgan fingerprint density at radius 3 is 2.79 bits per heavy atom. The number of carbonyl (C=O) groups excluding carboxylic acids is 1. The molecule has 0 aliphatic carbocycles. The molecule has 0 atom stereocenters. The fourth-order valence-electron chi connectivity index (χ4n) is 2.42. The van der Waals surface area contributed by atoms with Crippen LogP contribution in [0.25, 0.3) is 0 Å². The molecule has 0 radical (unpaired) electrons. The van der Waals surface area contributed by atoms with E-state index in [-0.39, 0.29) is 18.3 Å². The van der Waals surface area contributed by atoms with Crippen LogP contribution in [-0.2, 0) is 6.61 Å². The Morgan fingerprint density at radius 2 is 2.07 bits per heavy atom. The van der Waals surface area contributed by atoms with Gasteiger partial charge in [0.2, 0.25) is 0 Å². The van der Waals surface area contributed by atoms with E-state index >= 15 is 0 Å². The van der Waals surface area contributed by atoms with Gasteiger partial charge in [0.15, 0.2) is 11.5 Å². The predicted molar refractivity (Wildman–Crippen MR) is 111 cm³/mol. The molecule has 1 amide bonds. The van der Waals surface area contributed by atoms with Crippen LogP contribution in [0.3, 0.4) is 0 Å². The average Bonchev–Trinajstić information content (AvgIpc) is 2.75. The summed E-state index contributed by atoms with van der Waals surface area (Å²) in [5, 5.41) is 3.96. The lowest BCUT2D eigenvalue weighted by atomic mass is 10.2. The summed E-state index contributed by atoms with van der Waals surface area (Å²) in [7, 11) is 1.50. The summed E-state index contributed by atoms with van der Waals surface area (Å²) in [6.45, 7) is 0.0596. The second-order valence-electron chi connectivity index (χ2n) is 5.85. The Hall–Kier alpha value is -3.26. The number of nitrogens with one attached hydrogen (secondary N) is 1. The maximum atomic E-state index is 13.8. The Labute approximate surface area is 175 Å². The Kier molecular flexibility index (Phi) is 6.91. The van der Waals surface area contributed by atoms with Crippen molar-refractivity contribution in [1.82, 2.24) is 10.4 Å². The van der Waals surface area contributed by atoms with E-state index < -0.39 is 0 Å². The third-order valence-corrected chi connectivity index (χ3v) is 4.60. The molecule has 8 heteroatoms. The summed E-state index contributed by atoms with van der Waals surface area (Å²) >= 11 is 3.44. The summed E-state index contributed by atoms with van der Waals surface area (Å²) in [5.74, 6) is 0.185. The van der Waals surface area contributed by atoms with Gasteiger partial charge >= 0.3 is 0 Å². The van der Waals surface area contributed by atoms with E-state index in [0.717, 1.165) is 0 Å². The standard InChI is InChI=1S/C21H17BrFN3O3/c1-28-19-9-16(12-25-26-21(27)14-6-4-8-24-11-14)17(22)10-20(19)29-13-15-5-2-3-7-18(15)23/h2-12H,13H2,1H3,(H,26,27)/b25-12+. The SMILES string of the molecule is COc1cc(/C=N/NC(=O)c2cccnc2)c(Br)cc1OCc1ccccc1F. The van der Waals surface area contributed by atoms with Crippen molar-refractivity contribution in [2.45, 2.75) is 6.61 Å². The molecule has 0 saturated carbocycles. The minimum absolute atomic E-state index is 0.0596. The largest absolute Gasteiger partial charge is 0.493 e. The molecular weight excluding hydrogens is 441 g/mol. The highest BCUT2D eigenvalue weighted by Crippen LogP contribution is 2.33. The first-order chi connectivity index (χ1) is 14.1. The number of amides is 1. The van der Waals surface area contributed by atoms with E-state index in [1.54, 1.807) is 48.7 Å². The zero-order valence-corrected chi connectivity index (χ0v) is 17.0. The van der Waals surface area contributed by atoms with Gasteiger partial charge in [0.25, 0.3) is 5.91 Å². The molecular formula is C21H17BrFN3O3. The second-order valence-corrected chi connectivity index (χ2v) is 6.70. The van der Waals surface area contributed by atoms with Gasteiger partial charge in [-0.3, -0.25) is 9.78 Å². The second kappa shape index (κ2) is 9.79. The number of carbonyl (C=O) groups is 1. The summed E-state index contributed by atoms with van der Waals surface area (Å²) < 4.78 is 25.5. The minimum atomic E-state index is -0.373. The number of rotatable bonds is 7. The highest BCUT2D eigenvalue weighted by atomic mass is 79.9. The molecule has 3 rings (SSSR count). The van der Waals surface area contributed by atoms with E-state index in [4.69, 9.17) is 9.47 Å². The van der Waals surface area contributed by atoms with Crippen molar-refractivity contribution in [2.24, 2.45) is 5.10 Å². The lowest BCUT2D eigenvalue weighted by molar-refractivity contribution is 0.0955. The average molecular weight is 458 g/mol. The van der Waals surface area contributed by atoms with Crippen molar-refractivity contribution in [2.75, 3.05) is 7.11 Å². The fraction of sp³-hybridized carbons (Fsp3) is 0.0952. The van der Waals surface area contributed by atoms with Gasteiger partial charge in [-0.25, -0.2) is 9.82 Å². The van der Waals surface area contributed by atoms with Crippen LogP contribution in [0.5, 0.6) is 11.5 Å². The molecule has 6 nitrogen and oxygen atoms in total. The fourth-order valence-corrected chi connectivity index (χ4v) is 2.84. The van der Waals surface area contributed by atoms with E-state index in [1.165, 1.54) is 25.6 Å². The third kappa shape index (κ3) is 5.39. The first-order valence-corrected chi connectivity index (χ1v) is 9.35. The molecule has 0 saturated heterocycles. The minimum Gasteiger partial charge on any atom is -0.493 e. The number of hydrogen-bond donors (Lipinski definition) is 1. The van der Waals surface area contributed by atoms with Gasteiger partial charge in [-0.2, -0.15) is 5.10 Å². The maximum Gasteiger partial charge on any atom is 0.272 e. The quantitative estimate of drug-likeness (QED) is 0.423. The van der Waals surface area contributed by atoms with Crippen LogP contribution in [-0.4, -0.2) is 24.2 Å². The highest BCUT2D eigenvalue weighted by Gasteiger charge is 2.11. The number of hydrazone groups is 1. The van der Waals surface area contributed by atoms with Crippen molar-refractivity contribution in [3.8, 4) is 11.5 Å². The molecule has 148 valence electrons. The van der Waals surface area contributed by atoms with Crippen LogP contribution in [0.1, 0.15) is 21.5 Å². The van der Waals surface area contributed by atoms with Crippen molar-refractivity contribution in [3.05, 3.63) is 87.9 Å². The van der Waals surface area contributed by atoms with Crippen molar-refractivity contribution < 1.29 is 18.7 Å². The maximum absolute atomic E-state index is 13.8. The molecule has 0 aliphatic rings. The zero-order valence-electron chi connectivity index (χ0n) is 15.4. The van der Waals surface area contributed by atoms with Gasteiger partial charge in [0.1, 0.15) is 12.4 Å². The zero-order chi connectivity index (χ0) is 20.6. The van der Waals surface area contributed by atoms with E-state index in [0.29, 0.717) is 32.7 Å². The van der Waals surface area contributed by atoms with Gasteiger partial charge in [0.05, 0.1) is 18.9 Å². The molecule has 0 unspecified atom stereocenters. The van der Waals surface area contributed by atoms with Crippen LogP contribution in [0.4, 0.5) is 4.39 Å². The normalized spacial score (nSPS) is 10.7. The Morgan fingerprint density at radius 1 is 1.24 bits per heavy atom. The van der Waals surface area contributed by atoms with Gasteiger partial charge in [-0.05, 0) is 46.3 Å². The van der Waals surface area contributed by atoms with Crippen LogP contribution >= 0.6 is 15.9 Å². The van der Waals surface area contributed by atoms with Gasteiger partial charge in [-0.1, -0.05) is 18.2 Å². The summed E-state index contributed by atoms with van der Waals surface area (Å²) in [6.07, 6.45) is 4.51. The number of pyridine rings is 1. The number of nitrogens with zero attached hydrogens (tertiary/aromatic N) is 2. The van der Waals surface area contributed by atoms with E-state index in [2.05, 4.69) is 31.4 Å². The summed E-state index contributed by atoms with van der Waals surface area (Å²) in [6, 6.07) is 13.1. The van der Waals surface area contributed by atoms with E-state index in [1.807, 2.05) is 0 Å². The Bertz CT molecular complexity index is 1030. The van der Waals surface area contributed by atoms with E-state index in [9.17, 15) is 9.18 Å². The smallest absolute Gasteiger partial charge is 0.272 e. The predicted octanol–water partition coefficient (Wildman–Crippen LogP) is 4.33. The summed E-state index contributed by atoms with van der Waals surface area (Å²) in [5.41, 5.74) is 3.93. The molecule has 1 heterocycles. The van der Waals surface area contributed by atoms with Crippen LogP contribution < -0.4 is 14.9 Å². The van der Waals surface area contributed by atoms with Gasteiger partial charge in [0, 0.05) is 28.0 Å². The van der Waals surface area contributed by atoms with Gasteiger partial charge in [-0.15, -0.1) is 0 Å². The van der Waals surface area contributed by atoms with Crippen LogP contribution in [0.2, 0.25) is 0 Å². The number of hydrogen-bond acceptors (Lipinski definition) is 5. The van der Waals surface area contributed by atoms with Crippen molar-refractivity contribution >= 4 is 28.1 Å². The molecule has 1 aromatic heterocycles. The molecule has 3 aromatic rings. The molecule has 0 spiro atoms. The number of aromatic nitrogens is 1.